The second-order valence-corrected chi connectivity index (χ2v) is 6.93. The molecule has 12 nitrogen and oxygen atoms in total. The van der Waals surface area contributed by atoms with Crippen molar-refractivity contribution in [2.24, 2.45) is 5.92 Å². The Labute approximate surface area is 148 Å². The van der Waals surface area contributed by atoms with E-state index in [-0.39, 0.29) is 6.42 Å². The highest BCUT2D eigenvalue weighted by atomic mass is 32.3. The molecule has 0 aromatic rings. The molecule has 1 saturated heterocycles. The van der Waals surface area contributed by atoms with Crippen LogP contribution in [-0.2, 0) is 33.6 Å². The summed E-state index contributed by atoms with van der Waals surface area (Å²) in [5.41, 5.74) is 0. The Morgan fingerprint density at radius 3 is 2.54 bits per heavy atom. The summed E-state index contributed by atoms with van der Waals surface area (Å²) < 4.78 is 51.4. The number of carboxylic acid groups (broad SMARTS) is 1. The smallest absolute Gasteiger partial charge is 0.397 e. The van der Waals surface area contributed by atoms with Crippen LogP contribution in [0.5, 0.6) is 0 Å². The van der Waals surface area contributed by atoms with Crippen molar-refractivity contribution in [1.29, 1.82) is 0 Å². The molecule has 1 fully saturated rings. The number of carboxylic acids is 1. The van der Waals surface area contributed by atoms with E-state index in [1.807, 2.05) is 0 Å². The van der Waals surface area contributed by atoms with Crippen LogP contribution in [0, 0.1) is 5.92 Å². The van der Waals surface area contributed by atoms with Crippen LogP contribution in [0.1, 0.15) is 13.3 Å². The van der Waals surface area contributed by atoms with E-state index in [9.17, 15) is 28.5 Å². The number of hydrogen-bond donors (Lipinski definition) is 5. The highest BCUT2D eigenvalue weighted by Gasteiger charge is 2.48. The normalized spacial score (nSPS) is 38.3. The Kier molecular flexibility index (Phi) is 6.57. The van der Waals surface area contributed by atoms with Crippen molar-refractivity contribution in [2.45, 2.75) is 50.3 Å². The van der Waals surface area contributed by atoms with Gasteiger partial charge in [0.05, 0.1) is 12.7 Å². The largest absolute Gasteiger partial charge is 0.475 e. The molecule has 2 heterocycles. The van der Waals surface area contributed by atoms with Gasteiger partial charge in [-0.2, -0.15) is 8.42 Å². The number of aliphatic carboxylic acids is 1. The van der Waals surface area contributed by atoms with Crippen molar-refractivity contribution in [1.82, 2.24) is 0 Å². The standard InChI is InChI=1S/C13H20O12S/c1-5-10(25-26(19,20)21)11(8(4-14)23-13(5)18)24-9-3-6(15)2-7(22-9)12(16)17/h2,5-6,8-11,13-15,18H,3-4H2,1H3,(H,16,17)(H,19,20,21)/t5-,6-,8?,9-,10?,11+,13?/m0/s1. The summed E-state index contributed by atoms with van der Waals surface area (Å²) in [5.74, 6) is -3.04. The minimum atomic E-state index is -4.94. The Morgan fingerprint density at radius 2 is 2.00 bits per heavy atom. The Morgan fingerprint density at radius 1 is 1.35 bits per heavy atom. The average molecular weight is 400 g/mol. The molecule has 0 aliphatic carbocycles. The maximum atomic E-state index is 11.1. The van der Waals surface area contributed by atoms with Gasteiger partial charge in [0, 0.05) is 12.3 Å². The van der Waals surface area contributed by atoms with Crippen LogP contribution in [-0.4, -0.2) is 83.0 Å². The summed E-state index contributed by atoms with van der Waals surface area (Å²) in [6.07, 6.45) is -7.42. The first-order valence-corrected chi connectivity index (χ1v) is 8.93. The molecule has 0 aromatic carbocycles. The van der Waals surface area contributed by atoms with E-state index in [0.717, 1.165) is 6.08 Å². The zero-order valence-corrected chi connectivity index (χ0v) is 14.4. The van der Waals surface area contributed by atoms with Crippen molar-refractivity contribution in [2.75, 3.05) is 6.61 Å². The fourth-order valence-corrected chi connectivity index (χ4v) is 3.26. The predicted octanol–water partition coefficient (Wildman–Crippen LogP) is -2.02. The van der Waals surface area contributed by atoms with Crippen LogP contribution in [0.3, 0.4) is 0 Å². The molecule has 0 bridgehead atoms. The number of hydrogen-bond acceptors (Lipinski definition) is 10. The lowest BCUT2D eigenvalue weighted by Crippen LogP contribution is -2.58. The Balaban J connectivity index is 2.23. The Bertz CT molecular complexity index is 646. The van der Waals surface area contributed by atoms with Gasteiger partial charge in [-0.3, -0.25) is 4.55 Å². The van der Waals surface area contributed by atoms with Gasteiger partial charge >= 0.3 is 16.4 Å². The van der Waals surface area contributed by atoms with Crippen molar-refractivity contribution < 1.29 is 56.6 Å². The van der Waals surface area contributed by atoms with Gasteiger partial charge in [-0.15, -0.1) is 0 Å². The van der Waals surface area contributed by atoms with Crippen LogP contribution >= 0.6 is 0 Å². The molecule has 2 aliphatic heterocycles. The van der Waals surface area contributed by atoms with E-state index < -0.39 is 71.6 Å². The van der Waals surface area contributed by atoms with Gasteiger partial charge in [-0.1, -0.05) is 6.92 Å². The third-order valence-corrected chi connectivity index (χ3v) is 4.41. The van der Waals surface area contributed by atoms with Crippen LogP contribution in [0.15, 0.2) is 11.8 Å². The lowest BCUT2D eigenvalue weighted by atomic mass is 9.92. The fourth-order valence-electron chi connectivity index (χ4n) is 2.70. The summed E-state index contributed by atoms with van der Waals surface area (Å²) in [6.45, 7) is 0.639. The molecule has 2 rings (SSSR count). The van der Waals surface area contributed by atoms with E-state index >= 15 is 0 Å². The van der Waals surface area contributed by atoms with Gasteiger partial charge in [0.15, 0.2) is 6.29 Å². The minimum absolute atomic E-state index is 0.193. The van der Waals surface area contributed by atoms with Crippen LogP contribution < -0.4 is 0 Å². The highest BCUT2D eigenvalue weighted by molar-refractivity contribution is 7.80. The molecular formula is C13H20O12S. The molecule has 0 spiro atoms. The zero-order chi connectivity index (χ0) is 19.6. The first-order valence-electron chi connectivity index (χ1n) is 7.57. The SMILES string of the molecule is C[C@@H]1C(O)OC(CO)[C@@H](O[C@H]2C[C@@H](O)C=C(C(=O)O)O2)C1OS(=O)(=O)O. The molecule has 0 saturated carbocycles. The minimum Gasteiger partial charge on any atom is -0.475 e. The first-order chi connectivity index (χ1) is 12.0. The van der Waals surface area contributed by atoms with Gasteiger partial charge in [-0.25, -0.2) is 8.98 Å². The second kappa shape index (κ2) is 8.14. The van der Waals surface area contributed by atoms with E-state index in [0.29, 0.717) is 0 Å². The highest BCUT2D eigenvalue weighted by Crippen LogP contribution is 2.32. The quantitative estimate of drug-likeness (QED) is 0.308. The van der Waals surface area contributed by atoms with Gasteiger partial charge < -0.3 is 34.6 Å². The number of rotatable bonds is 6. The molecule has 13 heteroatoms. The third kappa shape index (κ3) is 5.11. The topological polar surface area (TPSA) is 189 Å². The summed E-state index contributed by atoms with van der Waals surface area (Å²) in [7, 11) is -4.94. The lowest BCUT2D eigenvalue weighted by Gasteiger charge is -2.43. The van der Waals surface area contributed by atoms with E-state index in [1.54, 1.807) is 0 Å². The van der Waals surface area contributed by atoms with Gasteiger partial charge in [0.25, 0.3) is 0 Å². The number of aliphatic hydroxyl groups is 3. The van der Waals surface area contributed by atoms with Crippen molar-refractivity contribution >= 4 is 16.4 Å². The van der Waals surface area contributed by atoms with Crippen LogP contribution in [0.4, 0.5) is 0 Å². The predicted molar refractivity (Wildman–Crippen MR) is 79.6 cm³/mol. The van der Waals surface area contributed by atoms with Crippen molar-refractivity contribution in [3.05, 3.63) is 11.8 Å². The first kappa shape index (κ1) is 21.0. The van der Waals surface area contributed by atoms with E-state index in [1.165, 1.54) is 6.92 Å². The van der Waals surface area contributed by atoms with E-state index in [4.69, 9.17) is 23.9 Å². The molecular weight excluding hydrogens is 380 g/mol. The Hall–Kier alpha value is -1.32. The molecule has 2 aliphatic rings. The average Bonchev–Trinajstić information content (AvgIpc) is 2.52. The summed E-state index contributed by atoms with van der Waals surface area (Å²) in [6, 6.07) is 0. The number of aliphatic hydroxyl groups excluding tert-OH is 3. The third-order valence-electron chi connectivity index (χ3n) is 3.94. The molecule has 7 atom stereocenters. The molecule has 0 aromatic heterocycles. The van der Waals surface area contributed by atoms with Crippen molar-refractivity contribution in [3.8, 4) is 0 Å². The van der Waals surface area contributed by atoms with Gasteiger partial charge in [0.1, 0.15) is 18.3 Å². The van der Waals surface area contributed by atoms with Crippen molar-refractivity contribution in [3.63, 3.8) is 0 Å². The maximum absolute atomic E-state index is 11.1. The van der Waals surface area contributed by atoms with Crippen LogP contribution in [0.25, 0.3) is 0 Å². The molecule has 0 amide bonds. The fraction of sp³-hybridized carbons (Fsp3) is 0.769. The second-order valence-electron chi connectivity index (χ2n) is 5.88. The van der Waals surface area contributed by atoms with Crippen LogP contribution in [0.2, 0.25) is 0 Å². The lowest BCUT2D eigenvalue weighted by molar-refractivity contribution is -0.298. The summed E-state index contributed by atoms with van der Waals surface area (Å²) in [4.78, 5) is 11.0. The number of carbonyl (C=O) groups is 1. The molecule has 26 heavy (non-hydrogen) atoms. The zero-order valence-electron chi connectivity index (χ0n) is 13.5. The van der Waals surface area contributed by atoms with Gasteiger partial charge in [-0.05, 0) is 6.08 Å². The number of ether oxygens (including phenoxy) is 3. The molecule has 150 valence electrons. The summed E-state index contributed by atoms with van der Waals surface area (Å²) >= 11 is 0. The van der Waals surface area contributed by atoms with Gasteiger partial charge in [0.2, 0.25) is 12.0 Å². The van der Waals surface area contributed by atoms with E-state index in [2.05, 4.69) is 4.18 Å². The molecule has 0 radical (unpaired) electrons. The summed E-state index contributed by atoms with van der Waals surface area (Å²) in [5, 5.41) is 37.9. The maximum Gasteiger partial charge on any atom is 0.397 e. The monoisotopic (exact) mass is 400 g/mol. The molecule has 3 unspecified atom stereocenters. The molecule has 5 N–H and O–H groups in total.